The summed E-state index contributed by atoms with van der Waals surface area (Å²) in [5.74, 6) is -4.44. The molecule has 4 rings (SSSR count). The normalized spacial score (nSPS) is 19.2. The first-order valence-electron chi connectivity index (χ1n) is 9.51. The van der Waals surface area contributed by atoms with Crippen LogP contribution in [0.1, 0.15) is 17.4 Å². The minimum atomic E-state index is -5.19. The Morgan fingerprint density at radius 2 is 1.25 bits per heavy atom. The molecular formula is C23H16F6O2S. The van der Waals surface area contributed by atoms with E-state index in [0.717, 1.165) is 11.6 Å². The van der Waals surface area contributed by atoms with Gasteiger partial charge in [0.15, 0.2) is 6.29 Å². The number of alkyl halides is 3. The van der Waals surface area contributed by atoms with Crippen molar-refractivity contribution in [2.75, 3.05) is 13.2 Å². The summed E-state index contributed by atoms with van der Waals surface area (Å²) in [5.41, 5.74) is -0.641. The van der Waals surface area contributed by atoms with Crippen LogP contribution in [-0.2, 0) is 15.7 Å². The van der Waals surface area contributed by atoms with Crippen molar-refractivity contribution in [2.24, 2.45) is 0 Å². The fourth-order valence-corrected chi connectivity index (χ4v) is 3.62. The van der Waals surface area contributed by atoms with Gasteiger partial charge in [0.1, 0.15) is 23.0 Å². The number of ether oxygens (including phenoxy) is 2. The molecule has 0 N–H and O–H groups in total. The van der Waals surface area contributed by atoms with Gasteiger partial charge in [0.05, 0.1) is 13.2 Å². The van der Waals surface area contributed by atoms with Gasteiger partial charge in [0.2, 0.25) is 0 Å². The highest BCUT2D eigenvalue weighted by Crippen LogP contribution is 2.37. The lowest BCUT2D eigenvalue weighted by molar-refractivity contribution is -0.179. The topological polar surface area (TPSA) is 18.5 Å². The molecule has 9 heteroatoms. The fourth-order valence-electron chi connectivity index (χ4n) is 3.45. The van der Waals surface area contributed by atoms with Gasteiger partial charge in [-0.05, 0) is 34.9 Å². The highest BCUT2D eigenvalue weighted by molar-refractivity contribution is 7.81. The predicted octanol–water partition coefficient (Wildman–Crippen LogP) is 6.80. The van der Waals surface area contributed by atoms with Crippen LogP contribution in [0.5, 0.6) is 0 Å². The molecule has 3 aromatic rings. The second-order valence-corrected chi connectivity index (χ2v) is 8.01. The number of thiol groups is 1. The second kappa shape index (κ2) is 8.80. The molecule has 3 aromatic carbocycles. The third-order valence-electron chi connectivity index (χ3n) is 5.00. The number of rotatable bonds is 3. The average molecular weight is 470 g/mol. The number of hydrogen-bond acceptors (Lipinski definition) is 3. The summed E-state index contributed by atoms with van der Waals surface area (Å²) < 4.78 is 91.9. The third-order valence-corrected chi connectivity index (χ3v) is 5.30. The summed E-state index contributed by atoms with van der Waals surface area (Å²) >= 11 is 4.27. The lowest BCUT2D eigenvalue weighted by atomic mass is 9.97. The standard InChI is InChI=1S/C23H16F6O2S/c24-18-7-14(12-1-3-13(4-2-12)22-30-10-16(32)11-31-22)5-6-17(18)15-8-19(25)21(20(26)9-15)23(27,28)29/h1-9,16,22,32H,10-11H2. The Kier molecular flexibility index (Phi) is 6.24. The van der Waals surface area contributed by atoms with Crippen LogP contribution in [0.25, 0.3) is 22.3 Å². The molecule has 0 aliphatic carbocycles. The molecule has 0 spiro atoms. The van der Waals surface area contributed by atoms with Crippen molar-refractivity contribution >= 4 is 12.6 Å². The summed E-state index contributed by atoms with van der Waals surface area (Å²) in [6.07, 6.45) is -5.71. The van der Waals surface area contributed by atoms with Crippen LogP contribution in [-0.4, -0.2) is 18.5 Å². The first-order chi connectivity index (χ1) is 15.1. The largest absolute Gasteiger partial charge is 0.422 e. The fraction of sp³-hybridized carbons (Fsp3) is 0.217. The Labute approximate surface area is 185 Å². The number of halogens is 6. The molecule has 2 nitrogen and oxygen atoms in total. The van der Waals surface area contributed by atoms with E-state index in [9.17, 15) is 26.3 Å². The van der Waals surface area contributed by atoms with Crippen LogP contribution in [0, 0.1) is 17.5 Å². The molecule has 168 valence electrons. The van der Waals surface area contributed by atoms with Gasteiger partial charge in [-0.3, -0.25) is 0 Å². The van der Waals surface area contributed by atoms with Crippen molar-refractivity contribution in [3.05, 3.63) is 83.2 Å². The maximum absolute atomic E-state index is 14.7. The van der Waals surface area contributed by atoms with Crippen LogP contribution < -0.4 is 0 Å². The van der Waals surface area contributed by atoms with Crippen LogP contribution in [0.2, 0.25) is 0 Å². The Morgan fingerprint density at radius 1 is 0.719 bits per heavy atom. The van der Waals surface area contributed by atoms with Gasteiger partial charge in [-0.1, -0.05) is 36.4 Å². The van der Waals surface area contributed by atoms with E-state index in [1.807, 2.05) is 0 Å². The van der Waals surface area contributed by atoms with Crippen molar-refractivity contribution in [1.82, 2.24) is 0 Å². The van der Waals surface area contributed by atoms with Gasteiger partial charge in [-0.2, -0.15) is 25.8 Å². The summed E-state index contributed by atoms with van der Waals surface area (Å²) in [6, 6.07) is 11.9. The van der Waals surface area contributed by atoms with E-state index in [2.05, 4.69) is 12.6 Å². The van der Waals surface area contributed by atoms with Gasteiger partial charge >= 0.3 is 6.18 Å². The lowest BCUT2D eigenvalue weighted by Gasteiger charge is -2.27. The van der Waals surface area contributed by atoms with Gasteiger partial charge in [0, 0.05) is 16.4 Å². The van der Waals surface area contributed by atoms with Crippen molar-refractivity contribution in [3.63, 3.8) is 0 Å². The minimum Gasteiger partial charge on any atom is -0.347 e. The summed E-state index contributed by atoms with van der Waals surface area (Å²) in [7, 11) is 0. The molecule has 0 aromatic heterocycles. The average Bonchev–Trinajstić information content (AvgIpc) is 2.73. The van der Waals surface area contributed by atoms with Gasteiger partial charge < -0.3 is 9.47 Å². The Balaban J connectivity index is 1.59. The van der Waals surface area contributed by atoms with Crippen LogP contribution in [0.3, 0.4) is 0 Å². The molecule has 0 atom stereocenters. The molecular weight excluding hydrogens is 454 g/mol. The Morgan fingerprint density at radius 3 is 1.78 bits per heavy atom. The number of hydrogen-bond donors (Lipinski definition) is 1. The van der Waals surface area contributed by atoms with E-state index in [1.54, 1.807) is 24.3 Å². The molecule has 1 aliphatic rings. The van der Waals surface area contributed by atoms with Crippen molar-refractivity contribution in [2.45, 2.75) is 17.7 Å². The van der Waals surface area contributed by atoms with Gasteiger partial charge in [0.25, 0.3) is 0 Å². The van der Waals surface area contributed by atoms with Crippen molar-refractivity contribution in [3.8, 4) is 22.3 Å². The zero-order valence-corrected chi connectivity index (χ0v) is 17.2. The zero-order valence-electron chi connectivity index (χ0n) is 16.3. The highest BCUT2D eigenvalue weighted by atomic mass is 32.1. The SMILES string of the molecule is Fc1cc(-c2ccc(C3OCC(S)CO3)cc2)ccc1-c1cc(F)c(C(F)(F)F)c(F)c1. The number of benzene rings is 3. The van der Waals surface area contributed by atoms with Gasteiger partial charge in [-0.25, -0.2) is 13.2 Å². The highest BCUT2D eigenvalue weighted by Gasteiger charge is 2.38. The zero-order chi connectivity index (χ0) is 23.0. The molecule has 0 unspecified atom stereocenters. The summed E-state index contributed by atoms with van der Waals surface area (Å²) in [5, 5.41) is 0.0126. The molecule has 1 heterocycles. The molecule has 0 radical (unpaired) electrons. The van der Waals surface area contributed by atoms with Crippen molar-refractivity contribution < 1.29 is 35.8 Å². The van der Waals surface area contributed by atoms with E-state index in [1.165, 1.54) is 12.1 Å². The van der Waals surface area contributed by atoms with E-state index in [4.69, 9.17) is 9.47 Å². The molecule has 32 heavy (non-hydrogen) atoms. The predicted molar refractivity (Wildman–Crippen MR) is 110 cm³/mol. The monoisotopic (exact) mass is 470 g/mol. The van der Waals surface area contributed by atoms with E-state index in [0.29, 0.717) is 36.5 Å². The van der Waals surface area contributed by atoms with Gasteiger partial charge in [-0.15, -0.1) is 0 Å². The van der Waals surface area contributed by atoms with E-state index >= 15 is 0 Å². The Bertz CT molecular complexity index is 1100. The lowest BCUT2D eigenvalue weighted by Crippen LogP contribution is -2.27. The molecule has 0 amide bonds. The minimum absolute atomic E-state index is 0.0126. The van der Waals surface area contributed by atoms with E-state index < -0.39 is 35.5 Å². The summed E-state index contributed by atoms with van der Waals surface area (Å²) in [4.78, 5) is 0. The molecule has 1 fully saturated rings. The Hall–Kier alpha value is -2.49. The first-order valence-corrected chi connectivity index (χ1v) is 10.0. The molecule has 0 saturated carbocycles. The molecule has 0 bridgehead atoms. The quantitative estimate of drug-likeness (QED) is 0.335. The summed E-state index contributed by atoms with van der Waals surface area (Å²) in [6.45, 7) is 0.903. The maximum atomic E-state index is 14.7. The maximum Gasteiger partial charge on any atom is 0.422 e. The van der Waals surface area contributed by atoms with Crippen LogP contribution >= 0.6 is 12.6 Å². The second-order valence-electron chi connectivity index (χ2n) is 7.28. The molecule has 1 saturated heterocycles. The smallest absolute Gasteiger partial charge is 0.347 e. The third kappa shape index (κ3) is 4.65. The van der Waals surface area contributed by atoms with E-state index in [-0.39, 0.29) is 16.4 Å². The first kappa shape index (κ1) is 22.7. The van der Waals surface area contributed by atoms with Crippen LogP contribution in [0.15, 0.2) is 54.6 Å². The van der Waals surface area contributed by atoms with Crippen molar-refractivity contribution in [1.29, 1.82) is 0 Å². The molecule has 1 aliphatic heterocycles. The van der Waals surface area contributed by atoms with Crippen LogP contribution in [0.4, 0.5) is 26.3 Å².